The summed E-state index contributed by atoms with van der Waals surface area (Å²) in [6.07, 6.45) is 3.98. The third-order valence-electron chi connectivity index (χ3n) is 4.46. The molecule has 1 nitrogen and oxygen atoms in total. The van der Waals surface area contributed by atoms with Gasteiger partial charge in [-0.3, -0.25) is 0 Å². The van der Waals surface area contributed by atoms with Crippen molar-refractivity contribution < 1.29 is 5.11 Å². The van der Waals surface area contributed by atoms with Gasteiger partial charge in [-0.15, -0.1) is 0 Å². The molecule has 0 bridgehead atoms. The van der Waals surface area contributed by atoms with E-state index in [1.807, 2.05) is 31.2 Å². The van der Waals surface area contributed by atoms with Crippen molar-refractivity contribution in [3.63, 3.8) is 0 Å². The number of benzene rings is 2. The van der Waals surface area contributed by atoms with Crippen LogP contribution >= 0.6 is 22.6 Å². The quantitative estimate of drug-likeness (QED) is 0.760. The third-order valence-corrected chi connectivity index (χ3v) is 5.17. The molecule has 1 aliphatic carbocycles. The van der Waals surface area contributed by atoms with Gasteiger partial charge in [-0.25, -0.2) is 0 Å². The minimum Gasteiger partial charge on any atom is -0.381 e. The molecule has 1 fully saturated rings. The molecule has 1 atom stereocenters. The topological polar surface area (TPSA) is 20.2 Å². The van der Waals surface area contributed by atoms with Crippen LogP contribution in [0.3, 0.4) is 0 Å². The van der Waals surface area contributed by atoms with E-state index in [0.29, 0.717) is 0 Å². The van der Waals surface area contributed by atoms with Crippen LogP contribution in [-0.4, -0.2) is 5.11 Å². The van der Waals surface area contributed by atoms with Crippen molar-refractivity contribution in [2.45, 2.75) is 37.7 Å². The third kappa shape index (κ3) is 2.63. The average Bonchev–Trinajstić information content (AvgIpc) is 2.38. The molecule has 3 rings (SSSR count). The van der Waals surface area contributed by atoms with Crippen LogP contribution in [0.4, 0.5) is 0 Å². The first-order valence-electron chi connectivity index (χ1n) is 7.16. The van der Waals surface area contributed by atoms with Crippen LogP contribution in [-0.2, 0) is 5.60 Å². The second kappa shape index (κ2) is 5.49. The maximum Gasteiger partial charge on any atom is 0.112 e. The van der Waals surface area contributed by atoms with Crippen molar-refractivity contribution in [1.29, 1.82) is 0 Å². The molecule has 0 amide bonds. The second-order valence-electron chi connectivity index (χ2n) is 5.83. The summed E-state index contributed by atoms with van der Waals surface area (Å²) in [5.74, 6) is 0.743. The molecular formula is C18H19IO. The Morgan fingerprint density at radius 3 is 1.90 bits per heavy atom. The summed E-state index contributed by atoms with van der Waals surface area (Å²) in [6.45, 7) is 1.87. The lowest BCUT2D eigenvalue weighted by atomic mass is 9.79. The van der Waals surface area contributed by atoms with Gasteiger partial charge in [0.05, 0.1) is 0 Å². The van der Waals surface area contributed by atoms with E-state index < -0.39 is 5.60 Å². The Morgan fingerprint density at radius 1 is 0.950 bits per heavy atom. The number of aliphatic hydroxyl groups is 1. The number of halogens is 1. The molecule has 1 N–H and O–H groups in total. The highest BCUT2D eigenvalue weighted by atomic mass is 127. The fourth-order valence-corrected chi connectivity index (χ4v) is 3.12. The molecule has 2 aromatic carbocycles. The maximum atomic E-state index is 10.8. The molecule has 0 aliphatic heterocycles. The van der Waals surface area contributed by atoms with Gasteiger partial charge in [-0.05, 0) is 77.1 Å². The van der Waals surface area contributed by atoms with Gasteiger partial charge in [-0.2, -0.15) is 0 Å². The van der Waals surface area contributed by atoms with Crippen molar-refractivity contribution in [1.82, 2.24) is 0 Å². The molecular weight excluding hydrogens is 359 g/mol. The molecule has 1 unspecified atom stereocenters. The normalized spacial score (nSPS) is 18.4. The molecule has 0 heterocycles. The molecule has 104 valence electrons. The smallest absolute Gasteiger partial charge is 0.112 e. The van der Waals surface area contributed by atoms with Crippen LogP contribution in [0.2, 0.25) is 0 Å². The van der Waals surface area contributed by atoms with Gasteiger partial charge in [0.2, 0.25) is 0 Å². The van der Waals surface area contributed by atoms with Gasteiger partial charge in [-0.1, -0.05) is 42.8 Å². The van der Waals surface area contributed by atoms with E-state index in [9.17, 15) is 5.11 Å². The fourth-order valence-electron chi connectivity index (χ4n) is 2.76. The summed E-state index contributed by atoms with van der Waals surface area (Å²) in [5.41, 5.74) is 2.39. The van der Waals surface area contributed by atoms with Crippen LogP contribution in [0, 0.1) is 3.57 Å². The Bertz CT molecular complexity index is 580. The Hall–Kier alpha value is -0.870. The van der Waals surface area contributed by atoms with Gasteiger partial charge in [0.1, 0.15) is 5.60 Å². The van der Waals surface area contributed by atoms with E-state index in [0.717, 1.165) is 17.0 Å². The van der Waals surface area contributed by atoms with Crippen molar-refractivity contribution in [2.24, 2.45) is 0 Å². The highest BCUT2D eigenvalue weighted by Gasteiger charge is 2.26. The van der Waals surface area contributed by atoms with Gasteiger partial charge in [0.25, 0.3) is 0 Å². The first kappa shape index (κ1) is 14.1. The predicted octanol–water partition coefficient (Wildman–Crippen LogP) is 4.81. The lowest BCUT2D eigenvalue weighted by Crippen LogP contribution is -2.22. The highest BCUT2D eigenvalue weighted by molar-refractivity contribution is 14.1. The molecule has 2 heteroatoms. The van der Waals surface area contributed by atoms with Crippen LogP contribution < -0.4 is 0 Å². The number of rotatable bonds is 3. The van der Waals surface area contributed by atoms with Crippen LogP contribution in [0.1, 0.15) is 48.8 Å². The lowest BCUT2D eigenvalue weighted by molar-refractivity contribution is 0.102. The summed E-state index contributed by atoms with van der Waals surface area (Å²) >= 11 is 2.28. The van der Waals surface area contributed by atoms with Gasteiger partial charge < -0.3 is 5.11 Å². The molecule has 1 aliphatic rings. The first-order chi connectivity index (χ1) is 9.57. The summed E-state index contributed by atoms with van der Waals surface area (Å²) in [5, 5.41) is 10.8. The summed E-state index contributed by atoms with van der Waals surface area (Å²) in [7, 11) is 0. The van der Waals surface area contributed by atoms with E-state index in [-0.39, 0.29) is 0 Å². The molecule has 1 saturated carbocycles. The molecule has 0 radical (unpaired) electrons. The van der Waals surface area contributed by atoms with Crippen molar-refractivity contribution in [2.75, 3.05) is 0 Å². The largest absolute Gasteiger partial charge is 0.381 e. The maximum absolute atomic E-state index is 10.8. The molecule has 20 heavy (non-hydrogen) atoms. The van der Waals surface area contributed by atoms with Crippen molar-refractivity contribution in [3.8, 4) is 0 Å². The summed E-state index contributed by atoms with van der Waals surface area (Å²) in [6, 6.07) is 16.6. The molecule has 2 aromatic rings. The van der Waals surface area contributed by atoms with Gasteiger partial charge in [0.15, 0.2) is 0 Å². The van der Waals surface area contributed by atoms with E-state index in [2.05, 4.69) is 46.9 Å². The minimum atomic E-state index is -0.928. The Kier molecular flexibility index (Phi) is 3.87. The molecule has 0 aromatic heterocycles. The predicted molar refractivity (Wildman–Crippen MR) is 90.9 cm³/mol. The minimum absolute atomic E-state index is 0.743. The number of hydrogen-bond donors (Lipinski definition) is 1. The first-order valence-corrected chi connectivity index (χ1v) is 8.24. The standard InChI is InChI=1S/C18H19IO/c1-18(20,16-9-11-17(19)12-10-16)15-7-5-14(6-8-15)13-3-2-4-13/h5-13,20H,2-4H2,1H3. The van der Waals surface area contributed by atoms with E-state index in [1.165, 1.54) is 28.4 Å². The zero-order valence-electron chi connectivity index (χ0n) is 11.6. The Morgan fingerprint density at radius 2 is 1.45 bits per heavy atom. The fraction of sp³-hybridized carbons (Fsp3) is 0.333. The molecule has 0 saturated heterocycles. The van der Waals surface area contributed by atoms with E-state index >= 15 is 0 Å². The average molecular weight is 378 g/mol. The lowest BCUT2D eigenvalue weighted by Gasteiger charge is -2.28. The van der Waals surface area contributed by atoms with E-state index in [4.69, 9.17) is 0 Å². The van der Waals surface area contributed by atoms with Crippen LogP contribution in [0.5, 0.6) is 0 Å². The van der Waals surface area contributed by atoms with Crippen LogP contribution in [0.25, 0.3) is 0 Å². The zero-order valence-corrected chi connectivity index (χ0v) is 13.8. The Labute approximate surface area is 134 Å². The van der Waals surface area contributed by atoms with Crippen LogP contribution in [0.15, 0.2) is 48.5 Å². The SMILES string of the molecule is CC(O)(c1ccc(I)cc1)c1ccc(C2CCC2)cc1. The highest BCUT2D eigenvalue weighted by Crippen LogP contribution is 2.37. The zero-order chi connectivity index (χ0) is 14.2. The van der Waals surface area contributed by atoms with Gasteiger partial charge in [0, 0.05) is 3.57 Å². The van der Waals surface area contributed by atoms with Crippen molar-refractivity contribution >= 4 is 22.6 Å². The summed E-state index contributed by atoms with van der Waals surface area (Å²) in [4.78, 5) is 0. The second-order valence-corrected chi connectivity index (χ2v) is 7.07. The van der Waals surface area contributed by atoms with Gasteiger partial charge >= 0.3 is 0 Å². The molecule has 0 spiro atoms. The Balaban J connectivity index is 1.88. The summed E-state index contributed by atoms with van der Waals surface area (Å²) < 4.78 is 1.18. The van der Waals surface area contributed by atoms with Crippen molar-refractivity contribution in [3.05, 3.63) is 68.8 Å². The van der Waals surface area contributed by atoms with E-state index in [1.54, 1.807) is 0 Å². The monoisotopic (exact) mass is 378 g/mol. The number of hydrogen-bond acceptors (Lipinski definition) is 1.